The van der Waals surface area contributed by atoms with Crippen molar-refractivity contribution in [2.75, 3.05) is 26.4 Å². The first-order valence-corrected chi connectivity index (χ1v) is 21.5. The van der Waals surface area contributed by atoms with Gasteiger partial charge < -0.3 is 20.1 Å². The predicted octanol–water partition coefficient (Wildman–Crippen LogP) is 10.9. The van der Waals surface area contributed by atoms with Gasteiger partial charge in [-0.2, -0.15) is 0 Å². The molecule has 0 aliphatic heterocycles. The number of hydrogen-bond acceptors (Lipinski definition) is 8. The van der Waals surface area contributed by atoms with Gasteiger partial charge in [-0.05, 0) is 12.8 Å². The first kappa shape index (κ1) is 47.0. The second-order valence-corrected chi connectivity index (χ2v) is 15.0. The van der Waals surface area contributed by atoms with Crippen LogP contribution in [0.1, 0.15) is 200 Å². The van der Waals surface area contributed by atoms with Crippen LogP contribution in [0.25, 0.3) is 0 Å². The van der Waals surface area contributed by atoms with Gasteiger partial charge in [0.15, 0.2) is 6.10 Å². The van der Waals surface area contributed by atoms with Crippen molar-refractivity contribution >= 4 is 19.8 Å². The van der Waals surface area contributed by atoms with Gasteiger partial charge in [-0.15, -0.1) is 0 Å². The third-order valence-electron chi connectivity index (χ3n) is 8.74. The summed E-state index contributed by atoms with van der Waals surface area (Å²) in [5.74, 6) is -0.817. The molecule has 0 aliphatic rings. The maximum Gasteiger partial charge on any atom is 0.472 e. The molecule has 2 unspecified atom stereocenters. The van der Waals surface area contributed by atoms with Gasteiger partial charge in [-0.25, -0.2) is 4.57 Å². The minimum Gasteiger partial charge on any atom is -0.462 e. The van der Waals surface area contributed by atoms with E-state index in [2.05, 4.69) is 13.8 Å². The fourth-order valence-electron chi connectivity index (χ4n) is 5.75. The molecule has 3 N–H and O–H groups in total. The van der Waals surface area contributed by atoms with Gasteiger partial charge in [0, 0.05) is 19.4 Å². The Labute approximate surface area is 295 Å². The van der Waals surface area contributed by atoms with Gasteiger partial charge in [0.1, 0.15) is 6.61 Å². The lowest BCUT2D eigenvalue weighted by Crippen LogP contribution is -2.29. The summed E-state index contributed by atoms with van der Waals surface area (Å²) >= 11 is 0. The van der Waals surface area contributed by atoms with Crippen molar-refractivity contribution < 1.29 is 37.6 Å². The molecule has 0 aliphatic carbocycles. The SMILES string of the molecule is CCCCCCCCCCCCCCCCCCC(=O)OCC(COP(=O)(O)OCCN)OC(=O)CCCCCCCCCCCCC. The second kappa shape index (κ2) is 35.8. The number of rotatable bonds is 38. The Morgan fingerprint density at radius 1 is 0.542 bits per heavy atom. The van der Waals surface area contributed by atoms with E-state index in [1.165, 1.54) is 135 Å². The lowest BCUT2D eigenvalue weighted by atomic mass is 10.0. The summed E-state index contributed by atoms with van der Waals surface area (Å²) in [5.41, 5.74) is 5.33. The van der Waals surface area contributed by atoms with E-state index in [4.69, 9.17) is 24.3 Å². The lowest BCUT2D eigenvalue weighted by Gasteiger charge is -2.19. The normalized spacial score (nSPS) is 13.3. The number of ether oxygens (including phenoxy) is 2. The average Bonchev–Trinajstić information content (AvgIpc) is 3.07. The Kier molecular flexibility index (Phi) is 35.1. The average molecular weight is 706 g/mol. The Morgan fingerprint density at radius 2 is 0.896 bits per heavy atom. The summed E-state index contributed by atoms with van der Waals surface area (Å²) in [6.45, 7) is 3.74. The molecular weight excluding hydrogens is 629 g/mol. The van der Waals surface area contributed by atoms with E-state index >= 15 is 0 Å². The van der Waals surface area contributed by atoms with Crippen molar-refractivity contribution in [3.63, 3.8) is 0 Å². The molecule has 0 spiro atoms. The van der Waals surface area contributed by atoms with E-state index in [0.717, 1.165) is 32.1 Å². The molecule has 10 heteroatoms. The second-order valence-electron chi connectivity index (χ2n) is 13.5. The van der Waals surface area contributed by atoms with E-state index in [9.17, 15) is 19.0 Å². The van der Waals surface area contributed by atoms with E-state index in [-0.39, 0.29) is 38.6 Å². The quantitative estimate of drug-likeness (QED) is 0.0365. The van der Waals surface area contributed by atoms with Crippen LogP contribution in [-0.4, -0.2) is 49.3 Å². The Morgan fingerprint density at radius 3 is 1.27 bits per heavy atom. The number of carbonyl (C=O) groups excluding carboxylic acids is 2. The highest BCUT2D eigenvalue weighted by Gasteiger charge is 2.26. The van der Waals surface area contributed by atoms with Crippen LogP contribution in [-0.2, 0) is 32.7 Å². The van der Waals surface area contributed by atoms with Crippen molar-refractivity contribution in [1.82, 2.24) is 0 Å². The van der Waals surface area contributed by atoms with Gasteiger partial charge in [0.2, 0.25) is 0 Å². The minimum absolute atomic E-state index is 0.0578. The Balaban J connectivity index is 4.12. The molecule has 0 aromatic carbocycles. The molecule has 0 saturated carbocycles. The summed E-state index contributed by atoms with van der Waals surface area (Å²) in [6.07, 6.45) is 32.7. The molecule has 0 aromatic heterocycles. The molecule has 48 heavy (non-hydrogen) atoms. The van der Waals surface area contributed by atoms with Crippen molar-refractivity contribution in [1.29, 1.82) is 0 Å². The number of hydrogen-bond donors (Lipinski definition) is 2. The minimum atomic E-state index is -4.36. The summed E-state index contributed by atoms with van der Waals surface area (Å²) in [6, 6.07) is 0. The van der Waals surface area contributed by atoms with Crippen molar-refractivity contribution in [3.8, 4) is 0 Å². The topological polar surface area (TPSA) is 134 Å². The van der Waals surface area contributed by atoms with Crippen molar-refractivity contribution in [2.24, 2.45) is 5.73 Å². The first-order valence-electron chi connectivity index (χ1n) is 20.0. The van der Waals surface area contributed by atoms with Crippen LogP contribution in [0.2, 0.25) is 0 Å². The number of phosphoric ester groups is 1. The zero-order valence-corrected chi connectivity index (χ0v) is 32.1. The van der Waals surface area contributed by atoms with E-state index in [1.807, 2.05) is 0 Å². The largest absolute Gasteiger partial charge is 0.472 e. The third-order valence-corrected chi connectivity index (χ3v) is 9.73. The molecule has 0 fully saturated rings. The zero-order valence-electron chi connectivity index (χ0n) is 31.2. The predicted molar refractivity (Wildman–Crippen MR) is 197 cm³/mol. The molecule has 0 saturated heterocycles. The summed E-state index contributed by atoms with van der Waals surface area (Å²) in [7, 11) is -4.36. The van der Waals surface area contributed by atoms with Crippen LogP contribution < -0.4 is 5.73 Å². The van der Waals surface area contributed by atoms with Crippen molar-refractivity contribution in [2.45, 2.75) is 206 Å². The van der Waals surface area contributed by atoms with E-state index in [0.29, 0.717) is 6.42 Å². The summed E-state index contributed by atoms with van der Waals surface area (Å²) in [5, 5.41) is 0. The fourth-order valence-corrected chi connectivity index (χ4v) is 6.52. The van der Waals surface area contributed by atoms with Crippen LogP contribution in [0.4, 0.5) is 0 Å². The number of carbonyl (C=O) groups is 2. The molecule has 0 amide bonds. The van der Waals surface area contributed by atoms with Gasteiger partial charge in [0.25, 0.3) is 0 Å². The highest BCUT2D eigenvalue weighted by atomic mass is 31.2. The van der Waals surface area contributed by atoms with Gasteiger partial charge in [0.05, 0.1) is 13.2 Å². The molecule has 9 nitrogen and oxygen atoms in total. The maximum atomic E-state index is 12.5. The van der Waals surface area contributed by atoms with Crippen LogP contribution in [0, 0.1) is 0 Å². The highest BCUT2D eigenvalue weighted by Crippen LogP contribution is 2.43. The molecule has 2 atom stereocenters. The van der Waals surface area contributed by atoms with Gasteiger partial charge >= 0.3 is 19.8 Å². The van der Waals surface area contributed by atoms with Crippen LogP contribution >= 0.6 is 7.82 Å². The number of unbranched alkanes of at least 4 members (excludes halogenated alkanes) is 25. The molecule has 286 valence electrons. The first-order chi connectivity index (χ1) is 23.3. The molecule has 0 aromatic rings. The molecule has 0 rings (SSSR count). The van der Waals surface area contributed by atoms with Crippen LogP contribution in [0.15, 0.2) is 0 Å². The smallest absolute Gasteiger partial charge is 0.462 e. The summed E-state index contributed by atoms with van der Waals surface area (Å²) in [4.78, 5) is 34.7. The Hall–Kier alpha value is -0.990. The molecular formula is C38H76NO8P. The fraction of sp³-hybridized carbons (Fsp3) is 0.947. The van der Waals surface area contributed by atoms with Crippen LogP contribution in [0.5, 0.6) is 0 Å². The Bertz CT molecular complexity index is 769. The summed E-state index contributed by atoms with van der Waals surface area (Å²) < 4.78 is 32.7. The number of phosphoric acid groups is 1. The third kappa shape index (κ3) is 34.9. The number of esters is 2. The van der Waals surface area contributed by atoms with E-state index in [1.54, 1.807) is 0 Å². The molecule has 0 bridgehead atoms. The van der Waals surface area contributed by atoms with Crippen molar-refractivity contribution in [3.05, 3.63) is 0 Å². The number of nitrogens with two attached hydrogens (primary N) is 1. The monoisotopic (exact) mass is 706 g/mol. The lowest BCUT2D eigenvalue weighted by molar-refractivity contribution is -0.161. The maximum absolute atomic E-state index is 12.5. The van der Waals surface area contributed by atoms with Gasteiger partial charge in [-0.3, -0.25) is 18.6 Å². The molecule has 0 heterocycles. The standard InChI is InChI=1S/C38H76NO8P/c1-3-5-7-9-11-13-15-16-17-18-19-21-22-24-26-28-30-37(40)44-34-36(35-46-48(42,43)45-33-32-39)47-38(41)31-29-27-25-23-20-14-12-10-8-6-4-2/h36H,3-35,39H2,1-2H3,(H,42,43). The zero-order chi connectivity index (χ0) is 35.4. The highest BCUT2D eigenvalue weighted by molar-refractivity contribution is 7.47. The van der Waals surface area contributed by atoms with Gasteiger partial charge in [-0.1, -0.05) is 174 Å². The van der Waals surface area contributed by atoms with E-state index < -0.39 is 26.5 Å². The molecule has 0 radical (unpaired) electrons. The van der Waals surface area contributed by atoms with Crippen LogP contribution in [0.3, 0.4) is 0 Å².